The molecular weight excluding hydrogens is 342 g/mol. The van der Waals surface area contributed by atoms with E-state index in [-0.39, 0.29) is 0 Å². The maximum Gasteiger partial charge on any atom is 0.231 e. The Morgan fingerprint density at radius 3 is 2.70 bits per heavy atom. The van der Waals surface area contributed by atoms with Gasteiger partial charge in [0.1, 0.15) is 0 Å². The van der Waals surface area contributed by atoms with Crippen molar-refractivity contribution in [3.8, 4) is 5.88 Å². The molecule has 136 valence electrons. The van der Waals surface area contributed by atoms with Crippen LogP contribution in [0.1, 0.15) is 24.6 Å². The zero-order valence-electron chi connectivity index (χ0n) is 15.0. The molecule has 3 aromatic heterocycles. The lowest BCUT2D eigenvalue weighted by molar-refractivity contribution is 0.387. The van der Waals surface area contributed by atoms with Crippen molar-refractivity contribution in [2.45, 2.75) is 18.8 Å². The summed E-state index contributed by atoms with van der Waals surface area (Å²) in [5, 5.41) is 24.0. The lowest BCUT2D eigenvalue weighted by Gasteiger charge is -2.32. The Morgan fingerprint density at radius 2 is 1.85 bits per heavy atom. The molecule has 0 atom stereocenters. The van der Waals surface area contributed by atoms with Crippen LogP contribution in [0.4, 0.5) is 5.82 Å². The standard InChI is InChI=1S/C19H19N7O/c1-27-17-7-6-16-21-23-18(26(16)24-17)13-8-10-25(11-9-13)19-15-5-3-2-4-14(15)12-20-22-19/h2-7,12-13H,8-11H2,1H3. The van der Waals surface area contributed by atoms with Gasteiger partial charge in [0.25, 0.3) is 0 Å². The molecule has 0 aliphatic carbocycles. The fraction of sp³-hybridized carbons (Fsp3) is 0.316. The fourth-order valence-electron chi connectivity index (χ4n) is 3.75. The second kappa shape index (κ2) is 6.46. The van der Waals surface area contributed by atoms with E-state index in [4.69, 9.17) is 4.74 Å². The molecule has 0 spiro atoms. The van der Waals surface area contributed by atoms with Gasteiger partial charge in [-0.15, -0.1) is 20.4 Å². The van der Waals surface area contributed by atoms with Crippen molar-refractivity contribution >= 4 is 22.2 Å². The summed E-state index contributed by atoms with van der Waals surface area (Å²) in [4.78, 5) is 2.31. The van der Waals surface area contributed by atoms with Gasteiger partial charge in [0.2, 0.25) is 5.88 Å². The SMILES string of the molecule is COc1ccc2nnc(C3CCN(c4nncc5ccccc45)CC3)n2n1. The van der Waals surface area contributed by atoms with E-state index in [1.807, 2.05) is 24.4 Å². The van der Waals surface area contributed by atoms with Crippen molar-refractivity contribution in [1.82, 2.24) is 30.0 Å². The monoisotopic (exact) mass is 361 g/mol. The number of ether oxygens (including phenoxy) is 1. The highest BCUT2D eigenvalue weighted by Crippen LogP contribution is 2.31. The van der Waals surface area contributed by atoms with Crippen molar-refractivity contribution < 1.29 is 4.74 Å². The van der Waals surface area contributed by atoms with Crippen LogP contribution in [-0.4, -0.2) is 50.2 Å². The van der Waals surface area contributed by atoms with Crippen LogP contribution in [0.5, 0.6) is 5.88 Å². The predicted octanol–water partition coefficient (Wildman–Crippen LogP) is 2.46. The lowest BCUT2D eigenvalue weighted by Crippen LogP contribution is -2.34. The molecule has 0 N–H and O–H groups in total. The second-order valence-electron chi connectivity index (χ2n) is 6.72. The summed E-state index contributed by atoms with van der Waals surface area (Å²) < 4.78 is 7.04. The normalized spacial score (nSPS) is 15.5. The molecule has 8 heteroatoms. The largest absolute Gasteiger partial charge is 0.480 e. The summed E-state index contributed by atoms with van der Waals surface area (Å²) in [6, 6.07) is 11.9. The molecule has 8 nitrogen and oxygen atoms in total. The van der Waals surface area contributed by atoms with Gasteiger partial charge in [-0.25, -0.2) is 0 Å². The van der Waals surface area contributed by atoms with E-state index in [0.29, 0.717) is 11.8 Å². The number of hydrogen-bond acceptors (Lipinski definition) is 7. The van der Waals surface area contributed by atoms with E-state index in [2.05, 4.69) is 42.5 Å². The summed E-state index contributed by atoms with van der Waals surface area (Å²) in [5.41, 5.74) is 0.744. The van der Waals surface area contributed by atoms with Gasteiger partial charge in [-0.1, -0.05) is 24.3 Å². The predicted molar refractivity (Wildman–Crippen MR) is 101 cm³/mol. The molecule has 1 fully saturated rings. The van der Waals surface area contributed by atoms with Crippen molar-refractivity contribution in [1.29, 1.82) is 0 Å². The van der Waals surface area contributed by atoms with Crippen LogP contribution in [0.15, 0.2) is 42.6 Å². The number of rotatable bonds is 3. The van der Waals surface area contributed by atoms with Crippen molar-refractivity contribution in [3.05, 3.63) is 48.4 Å². The zero-order chi connectivity index (χ0) is 18.2. The van der Waals surface area contributed by atoms with E-state index in [1.165, 1.54) is 0 Å². The van der Waals surface area contributed by atoms with Gasteiger partial charge < -0.3 is 9.64 Å². The highest BCUT2D eigenvalue weighted by atomic mass is 16.5. The number of anilines is 1. The molecule has 4 heterocycles. The quantitative estimate of drug-likeness (QED) is 0.554. The molecule has 1 aliphatic rings. The first-order chi connectivity index (χ1) is 13.3. The smallest absolute Gasteiger partial charge is 0.231 e. The molecule has 4 aromatic rings. The van der Waals surface area contributed by atoms with Crippen LogP contribution >= 0.6 is 0 Å². The number of piperidine rings is 1. The number of hydrogen-bond donors (Lipinski definition) is 0. The Labute approximate surface area is 155 Å². The number of fused-ring (bicyclic) bond motifs is 2. The zero-order valence-corrected chi connectivity index (χ0v) is 15.0. The van der Waals surface area contributed by atoms with E-state index in [1.54, 1.807) is 17.7 Å². The van der Waals surface area contributed by atoms with E-state index < -0.39 is 0 Å². The van der Waals surface area contributed by atoms with Crippen molar-refractivity contribution in [2.24, 2.45) is 0 Å². The molecule has 1 aliphatic heterocycles. The molecule has 1 saturated heterocycles. The molecule has 1 aromatic carbocycles. The van der Waals surface area contributed by atoms with Gasteiger partial charge in [0.05, 0.1) is 13.3 Å². The minimum absolute atomic E-state index is 0.304. The van der Waals surface area contributed by atoms with Crippen LogP contribution in [0.3, 0.4) is 0 Å². The van der Waals surface area contributed by atoms with E-state index in [9.17, 15) is 0 Å². The first-order valence-corrected chi connectivity index (χ1v) is 9.05. The van der Waals surface area contributed by atoms with Crippen LogP contribution < -0.4 is 9.64 Å². The Bertz CT molecular complexity index is 1100. The first-order valence-electron chi connectivity index (χ1n) is 9.05. The maximum absolute atomic E-state index is 5.24. The average molecular weight is 361 g/mol. The molecular formula is C19H19N7O. The van der Waals surface area contributed by atoms with Gasteiger partial charge >= 0.3 is 0 Å². The average Bonchev–Trinajstić information content (AvgIpc) is 3.16. The summed E-state index contributed by atoms with van der Waals surface area (Å²) in [7, 11) is 1.61. The van der Waals surface area contributed by atoms with Crippen LogP contribution in [0.2, 0.25) is 0 Å². The van der Waals surface area contributed by atoms with Gasteiger partial charge in [0.15, 0.2) is 17.3 Å². The van der Waals surface area contributed by atoms with Gasteiger partial charge in [-0.3, -0.25) is 0 Å². The summed E-state index contributed by atoms with van der Waals surface area (Å²) in [6.07, 6.45) is 3.74. The van der Waals surface area contributed by atoms with Gasteiger partial charge in [-0.05, 0) is 18.9 Å². The van der Waals surface area contributed by atoms with Gasteiger partial charge in [-0.2, -0.15) is 9.61 Å². The molecule has 0 bridgehead atoms. The molecule has 0 amide bonds. The number of aromatic nitrogens is 6. The van der Waals surface area contributed by atoms with Crippen molar-refractivity contribution in [3.63, 3.8) is 0 Å². The van der Waals surface area contributed by atoms with Gasteiger partial charge in [0, 0.05) is 35.8 Å². The van der Waals surface area contributed by atoms with Crippen LogP contribution in [0, 0.1) is 0 Å². The minimum Gasteiger partial charge on any atom is -0.480 e. The highest BCUT2D eigenvalue weighted by Gasteiger charge is 2.26. The minimum atomic E-state index is 0.304. The Hall–Kier alpha value is -3.29. The molecule has 0 unspecified atom stereocenters. The summed E-state index contributed by atoms with van der Waals surface area (Å²) in [6.45, 7) is 1.79. The third-order valence-corrected chi connectivity index (χ3v) is 5.18. The Balaban J connectivity index is 1.40. The third kappa shape index (κ3) is 2.73. The van der Waals surface area contributed by atoms with Crippen LogP contribution in [0.25, 0.3) is 16.4 Å². The van der Waals surface area contributed by atoms with E-state index in [0.717, 1.165) is 54.0 Å². The Morgan fingerprint density at radius 1 is 1.00 bits per heavy atom. The van der Waals surface area contributed by atoms with E-state index >= 15 is 0 Å². The molecule has 5 rings (SSSR count). The third-order valence-electron chi connectivity index (χ3n) is 5.18. The topological polar surface area (TPSA) is 81.3 Å². The first kappa shape index (κ1) is 15.9. The number of benzene rings is 1. The molecule has 0 saturated carbocycles. The molecule has 27 heavy (non-hydrogen) atoms. The maximum atomic E-state index is 5.24. The summed E-state index contributed by atoms with van der Waals surface area (Å²) >= 11 is 0. The number of methoxy groups -OCH3 is 1. The Kier molecular flexibility index (Phi) is 3.81. The molecule has 0 radical (unpaired) electrons. The lowest BCUT2D eigenvalue weighted by atomic mass is 9.96. The van der Waals surface area contributed by atoms with Crippen LogP contribution in [-0.2, 0) is 0 Å². The second-order valence-corrected chi connectivity index (χ2v) is 6.72. The fourth-order valence-corrected chi connectivity index (χ4v) is 3.75. The number of nitrogens with zero attached hydrogens (tertiary/aromatic N) is 7. The highest BCUT2D eigenvalue weighted by molar-refractivity contribution is 5.91. The summed E-state index contributed by atoms with van der Waals surface area (Å²) in [5.74, 6) is 2.72. The van der Waals surface area contributed by atoms with Crippen molar-refractivity contribution in [2.75, 3.05) is 25.1 Å².